The Labute approximate surface area is 116 Å². The van der Waals surface area contributed by atoms with Crippen molar-refractivity contribution in [2.75, 3.05) is 0 Å². The highest BCUT2D eigenvalue weighted by Gasteiger charge is 2.19. The smallest absolute Gasteiger partial charge is 0.261 e. The van der Waals surface area contributed by atoms with Gasteiger partial charge in [0.05, 0.1) is 11.4 Å². The van der Waals surface area contributed by atoms with Crippen LogP contribution in [0.3, 0.4) is 0 Å². The van der Waals surface area contributed by atoms with Gasteiger partial charge in [0, 0.05) is 23.3 Å². The van der Waals surface area contributed by atoms with Crippen molar-refractivity contribution in [3.8, 4) is 0 Å². The van der Waals surface area contributed by atoms with Crippen molar-refractivity contribution in [1.29, 1.82) is 0 Å². The van der Waals surface area contributed by atoms with Gasteiger partial charge in [0.25, 0.3) is 5.91 Å². The molecule has 19 heavy (non-hydrogen) atoms. The van der Waals surface area contributed by atoms with Crippen LogP contribution in [0, 0.1) is 0 Å². The Kier molecular flexibility index (Phi) is 3.38. The molecule has 0 bridgehead atoms. The standard InChI is InChI=1S/C14H17N3OS/c1-10(9-17-7-3-6-15-17)16-14(18)13-8-11-4-2-5-12(11)19-13/h3,6-8,10H,2,4-5,9H2,1H3,(H,16,18). The van der Waals surface area contributed by atoms with Gasteiger partial charge in [0.2, 0.25) is 0 Å². The van der Waals surface area contributed by atoms with Gasteiger partial charge in [-0.2, -0.15) is 5.10 Å². The van der Waals surface area contributed by atoms with Gasteiger partial charge in [-0.25, -0.2) is 0 Å². The molecule has 0 saturated heterocycles. The molecule has 0 aliphatic heterocycles. The Morgan fingerprint density at radius 1 is 1.58 bits per heavy atom. The number of thiophene rings is 1. The first-order valence-corrected chi connectivity index (χ1v) is 7.44. The van der Waals surface area contributed by atoms with E-state index in [2.05, 4.69) is 16.5 Å². The summed E-state index contributed by atoms with van der Waals surface area (Å²) in [6.45, 7) is 2.70. The van der Waals surface area contributed by atoms with E-state index >= 15 is 0 Å². The van der Waals surface area contributed by atoms with Crippen LogP contribution in [0.2, 0.25) is 0 Å². The van der Waals surface area contributed by atoms with E-state index < -0.39 is 0 Å². The second-order valence-electron chi connectivity index (χ2n) is 5.02. The second-order valence-corrected chi connectivity index (χ2v) is 6.15. The summed E-state index contributed by atoms with van der Waals surface area (Å²) < 4.78 is 1.83. The average Bonchev–Trinajstić information content (AvgIpc) is 3.02. The van der Waals surface area contributed by atoms with Crippen LogP contribution in [0.25, 0.3) is 0 Å². The molecule has 0 aromatic carbocycles. The van der Waals surface area contributed by atoms with Gasteiger partial charge < -0.3 is 5.32 Å². The summed E-state index contributed by atoms with van der Waals surface area (Å²) in [4.78, 5) is 14.4. The monoisotopic (exact) mass is 275 g/mol. The highest BCUT2D eigenvalue weighted by molar-refractivity contribution is 7.14. The maximum Gasteiger partial charge on any atom is 0.261 e. The van der Waals surface area contributed by atoms with Crippen molar-refractivity contribution >= 4 is 17.2 Å². The average molecular weight is 275 g/mol. The van der Waals surface area contributed by atoms with Crippen molar-refractivity contribution in [2.45, 2.75) is 38.8 Å². The van der Waals surface area contributed by atoms with Gasteiger partial charge in [-0.3, -0.25) is 9.48 Å². The first-order valence-electron chi connectivity index (χ1n) is 6.62. The van der Waals surface area contributed by atoms with Crippen LogP contribution < -0.4 is 5.32 Å². The molecule has 2 heterocycles. The first kappa shape index (κ1) is 12.4. The lowest BCUT2D eigenvalue weighted by atomic mass is 10.2. The van der Waals surface area contributed by atoms with E-state index in [9.17, 15) is 4.79 Å². The van der Waals surface area contributed by atoms with Crippen LogP contribution in [0.4, 0.5) is 0 Å². The van der Waals surface area contributed by atoms with E-state index in [1.165, 1.54) is 16.9 Å². The number of amides is 1. The van der Waals surface area contributed by atoms with Crippen molar-refractivity contribution in [3.05, 3.63) is 39.8 Å². The topological polar surface area (TPSA) is 46.9 Å². The summed E-state index contributed by atoms with van der Waals surface area (Å²) in [7, 11) is 0. The van der Waals surface area contributed by atoms with E-state index in [0.717, 1.165) is 17.7 Å². The molecule has 0 spiro atoms. The Bertz CT molecular complexity index is 552. The number of hydrogen-bond acceptors (Lipinski definition) is 3. The zero-order valence-corrected chi connectivity index (χ0v) is 11.7. The molecule has 2 aromatic heterocycles. The van der Waals surface area contributed by atoms with Crippen LogP contribution >= 0.6 is 11.3 Å². The fourth-order valence-corrected chi connectivity index (χ4v) is 3.63. The molecule has 1 N–H and O–H groups in total. The highest BCUT2D eigenvalue weighted by Crippen LogP contribution is 2.30. The van der Waals surface area contributed by atoms with E-state index in [1.807, 2.05) is 23.9 Å². The zero-order valence-electron chi connectivity index (χ0n) is 10.9. The molecule has 0 radical (unpaired) electrons. The quantitative estimate of drug-likeness (QED) is 0.930. The van der Waals surface area contributed by atoms with E-state index in [1.54, 1.807) is 17.5 Å². The lowest BCUT2D eigenvalue weighted by Crippen LogP contribution is -2.35. The van der Waals surface area contributed by atoms with Gasteiger partial charge in [0.15, 0.2) is 0 Å². The van der Waals surface area contributed by atoms with Crippen molar-refractivity contribution in [2.24, 2.45) is 0 Å². The van der Waals surface area contributed by atoms with Crippen LogP contribution in [0.5, 0.6) is 0 Å². The number of fused-ring (bicyclic) bond motifs is 1. The molecular weight excluding hydrogens is 258 g/mol. The minimum absolute atomic E-state index is 0.0408. The minimum atomic E-state index is 0.0408. The Balaban J connectivity index is 1.61. The minimum Gasteiger partial charge on any atom is -0.347 e. The number of nitrogens with zero attached hydrogens (tertiary/aromatic N) is 2. The summed E-state index contributed by atoms with van der Waals surface area (Å²) in [5.74, 6) is 0.0408. The third-order valence-electron chi connectivity index (χ3n) is 3.37. The lowest BCUT2D eigenvalue weighted by molar-refractivity contribution is 0.0940. The van der Waals surface area contributed by atoms with Crippen LogP contribution in [0.1, 0.15) is 33.5 Å². The Morgan fingerprint density at radius 2 is 2.47 bits per heavy atom. The van der Waals surface area contributed by atoms with Crippen molar-refractivity contribution in [3.63, 3.8) is 0 Å². The zero-order chi connectivity index (χ0) is 13.2. The van der Waals surface area contributed by atoms with Gasteiger partial charge in [-0.1, -0.05) is 0 Å². The number of aryl methyl sites for hydroxylation is 2. The second kappa shape index (κ2) is 5.17. The molecule has 1 unspecified atom stereocenters. The molecule has 1 aliphatic rings. The molecule has 1 amide bonds. The van der Waals surface area contributed by atoms with E-state index in [-0.39, 0.29) is 11.9 Å². The fraction of sp³-hybridized carbons (Fsp3) is 0.429. The summed E-state index contributed by atoms with van der Waals surface area (Å²) >= 11 is 1.65. The molecule has 1 aliphatic carbocycles. The van der Waals surface area contributed by atoms with Crippen LogP contribution in [0.15, 0.2) is 24.5 Å². The third kappa shape index (κ3) is 2.71. The molecule has 2 aromatic rings. The van der Waals surface area contributed by atoms with Gasteiger partial charge in [0.1, 0.15) is 0 Å². The summed E-state index contributed by atoms with van der Waals surface area (Å²) in [6, 6.07) is 4.02. The molecule has 0 fully saturated rings. The van der Waals surface area contributed by atoms with Gasteiger partial charge >= 0.3 is 0 Å². The number of aromatic nitrogens is 2. The summed E-state index contributed by atoms with van der Waals surface area (Å²) in [5, 5.41) is 7.18. The summed E-state index contributed by atoms with van der Waals surface area (Å²) in [6.07, 6.45) is 7.15. The molecule has 0 saturated carbocycles. The largest absolute Gasteiger partial charge is 0.347 e. The maximum atomic E-state index is 12.2. The Morgan fingerprint density at radius 3 is 3.21 bits per heavy atom. The van der Waals surface area contributed by atoms with Gasteiger partial charge in [-0.05, 0) is 43.9 Å². The predicted octanol–water partition coefficient (Wildman–Crippen LogP) is 2.25. The van der Waals surface area contributed by atoms with Gasteiger partial charge in [-0.15, -0.1) is 11.3 Å². The predicted molar refractivity (Wildman–Crippen MR) is 75.5 cm³/mol. The summed E-state index contributed by atoms with van der Waals surface area (Å²) in [5.41, 5.74) is 1.37. The van der Waals surface area contributed by atoms with E-state index in [0.29, 0.717) is 6.54 Å². The molecule has 5 heteroatoms. The number of hydrogen-bond donors (Lipinski definition) is 1. The van der Waals surface area contributed by atoms with Crippen LogP contribution in [-0.2, 0) is 19.4 Å². The third-order valence-corrected chi connectivity index (χ3v) is 4.60. The molecule has 3 rings (SSSR count). The highest BCUT2D eigenvalue weighted by atomic mass is 32.1. The molecule has 1 atom stereocenters. The number of nitrogens with one attached hydrogen (secondary N) is 1. The lowest BCUT2D eigenvalue weighted by Gasteiger charge is -2.13. The normalized spacial score (nSPS) is 15.2. The molecular formula is C14H17N3OS. The number of rotatable bonds is 4. The SMILES string of the molecule is CC(Cn1cccn1)NC(=O)c1cc2c(s1)CCC2. The van der Waals surface area contributed by atoms with Crippen molar-refractivity contribution in [1.82, 2.24) is 15.1 Å². The molecule has 100 valence electrons. The van der Waals surface area contributed by atoms with E-state index in [4.69, 9.17) is 0 Å². The first-order chi connectivity index (χ1) is 9.22. The van der Waals surface area contributed by atoms with Crippen LogP contribution in [-0.4, -0.2) is 21.7 Å². The molecule has 4 nitrogen and oxygen atoms in total. The van der Waals surface area contributed by atoms with Crippen molar-refractivity contribution < 1.29 is 4.79 Å². The maximum absolute atomic E-state index is 12.2. The Hall–Kier alpha value is -1.62. The fourth-order valence-electron chi connectivity index (χ4n) is 2.47. The number of carbonyl (C=O) groups excluding carboxylic acids is 1. The number of carbonyl (C=O) groups is 1.